The van der Waals surface area contributed by atoms with Crippen molar-refractivity contribution in [3.63, 3.8) is 0 Å². The maximum absolute atomic E-state index is 13.1. The van der Waals surface area contributed by atoms with Crippen molar-refractivity contribution in [2.75, 3.05) is 26.2 Å². The second kappa shape index (κ2) is 10.5. The van der Waals surface area contributed by atoms with Gasteiger partial charge in [0.05, 0.1) is 5.56 Å². The third-order valence-electron chi connectivity index (χ3n) is 6.29. The van der Waals surface area contributed by atoms with Gasteiger partial charge in [0.1, 0.15) is 17.9 Å². The van der Waals surface area contributed by atoms with Crippen LogP contribution in [0.3, 0.4) is 0 Å². The first kappa shape index (κ1) is 23.4. The summed E-state index contributed by atoms with van der Waals surface area (Å²) >= 11 is 8.32. The lowest BCUT2D eigenvalue weighted by Gasteiger charge is -2.15. The van der Waals surface area contributed by atoms with Crippen LogP contribution in [0.25, 0.3) is 22.1 Å². The predicted octanol–water partition coefficient (Wildman–Crippen LogP) is 6.78. The Labute approximate surface area is 217 Å². The van der Waals surface area contributed by atoms with Gasteiger partial charge < -0.3 is 9.15 Å². The number of likely N-dealkylation sites (tertiary alicyclic amines) is 1. The minimum Gasteiger partial charge on any atom is -0.492 e. The molecule has 0 saturated carbocycles. The van der Waals surface area contributed by atoms with E-state index in [1.807, 2.05) is 42.5 Å². The average molecular weight is 586 g/mol. The molecule has 1 aromatic heterocycles. The van der Waals surface area contributed by atoms with Crippen molar-refractivity contribution in [3.8, 4) is 16.9 Å². The fourth-order valence-corrected chi connectivity index (χ4v) is 5.13. The zero-order valence-electron chi connectivity index (χ0n) is 18.7. The van der Waals surface area contributed by atoms with Gasteiger partial charge in [-0.3, -0.25) is 4.90 Å². The standard InChI is InChI=1S/C28H25ClINO3/c29-21-7-5-20(6-8-21)27-25(24-12-9-22(30)18-26(24)34-28(27)32)17-19-3-10-23(11-4-19)33-16-15-31-13-1-2-14-31/h3-12,18H,1-2,13-17H2. The van der Waals surface area contributed by atoms with Crippen LogP contribution in [0.1, 0.15) is 24.0 Å². The van der Waals surface area contributed by atoms with E-state index in [1.54, 1.807) is 12.1 Å². The Kier molecular flexibility index (Phi) is 7.23. The Bertz CT molecular complexity index is 1340. The number of fused-ring (bicyclic) bond motifs is 1. The van der Waals surface area contributed by atoms with Crippen LogP contribution < -0.4 is 10.4 Å². The van der Waals surface area contributed by atoms with Gasteiger partial charge in [0.2, 0.25) is 0 Å². The molecule has 0 spiro atoms. The second-order valence-electron chi connectivity index (χ2n) is 8.61. The first-order valence-electron chi connectivity index (χ1n) is 11.5. The van der Waals surface area contributed by atoms with Crippen LogP contribution in [0.2, 0.25) is 5.02 Å². The number of ether oxygens (including phenoxy) is 1. The van der Waals surface area contributed by atoms with Crippen LogP contribution in [0, 0.1) is 3.57 Å². The molecule has 1 aliphatic heterocycles. The number of rotatable bonds is 7. The molecule has 0 radical (unpaired) electrons. The SMILES string of the molecule is O=c1oc2cc(I)ccc2c(Cc2ccc(OCCN3CCCC3)cc2)c1-c1ccc(Cl)cc1. The minimum atomic E-state index is -0.339. The summed E-state index contributed by atoms with van der Waals surface area (Å²) in [6, 6.07) is 21.5. The van der Waals surface area contributed by atoms with E-state index >= 15 is 0 Å². The van der Waals surface area contributed by atoms with Gasteiger partial charge in [0.15, 0.2) is 0 Å². The van der Waals surface area contributed by atoms with E-state index in [-0.39, 0.29) is 5.63 Å². The molecule has 5 rings (SSSR count). The fourth-order valence-electron chi connectivity index (χ4n) is 4.54. The lowest BCUT2D eigenvalue weighted by Crippen LogP contribution is -2.25. The molecule has 3 aromatic carbocycles. The summed E-state index contributed by atoms with van der Waals surface area (Å²) < 4.78 is 12.7. The Balaban J connectivity index is 1.44. The third kappa shape index (κ3) is 5.32. The molecule has 1 saturated heterocycles. The molecular formula is C28H25ClINO3. The van der Waals surface area contributed by atoms with Crippen molar-refractivity contribution in [2.24, 2.45) is 0 Å². The Morgan fingerprint density at radius 1 is 0.971 bits per heavy atom. The van der Waals surface area contributed by atoms with Gasteiger partial charge in [-0.25, -0.2) is 4.79 Å². The van der Waals surface area contributed by atoms with Crippen molar-refractivity contribution in [1.29, 1.82) is 0 Å². The summed E-state index contributed by atoms with van der Waals surface area (Å²) in [6.07, 6.45) is 3.19. The van der Waals surface area contributed by atoms with Crippen LogP contribution in [0.15, 0.2) is 75.9 Å². The number of benzene rings is 3. The minimum absolute atomic E-state index is 0.339. The molecule has 4 nitrogen and oxygen atoms in total. The van der Waals surface area contributed by atoms with Gasteiger partial charge in [-0.2, -0.15) is 0 Å². The van der Waals surface area contributed by atoms with Gasteiger partial charge in [-0.1, -0.05) is 35.9 Å². The molecule has 0 amide bonds. The van der Waals surface area contributed by atoms with Crippen LogP contribution >= 0.6 is 34.2 Å². The second-order valence-corrected chi connectivity index (χ2v) is 10.3. The van der Waals surface area contributed by atoms with Crippen molar-refractivity contribution in [2.45, 2.75) is 19.3 Å². The maximum atomic E-state index is 13.1. The number of nitrogens with zero attached hydrogens (tertiary/aromatic N) is 1. The van der Waals surface area contributed by atoms with E-state index in [0.29, 0.717) is 29.2 Å². The molecular weight excluding hydrogens is 561 g/mol. The summed E-state index contributed by atoms with van der Waals surface area (Å²) in [5, 5.41) is 1.57. The average Bonchev–Trinajstić information content (AvgIpc) is 3.34. The molecule has 0 aliphatic carbocycles. The van der Waals surface area contributed by atoms with Gasteiger partial charge in [-0.05, 0) is 114 Å². The van der Waals surface area contributed by atoms with Gasteiger partial charge in [0, 0.05) is 20.5 Å². The maximum Gasteiger partial charge on any atom is 0.344 e. The molecule has 0 N–H and O–H groups in total. The lowest BCUT2D eigenvalue weighted by molar-refractivity contribution is 0.238. The molecule has 6 heteroatoms. The first-order valence-corrected chi connectivity index (χ1v) is 13.0. The summed E-state index contributed by atoms with van der Waals surface area (Å²) in [4.78, 5) is 15.5. The topological polar surface area (TPSA) is 42.7 Å². The van der Waals surface area contributed by atoms with E-state index in [9.17, 15) is 4.79 Å². The summed E-state index contributed by atoms with van der Waals surface area (Å²) in [5.41, 5.74) is 3.70. The monoisotopic (exact) mass is 585 g/mol. The number of halogens is 2. The van der Waals surface area contributed by atoms with E-state index in [0.717, 1.165) is 37.9 Å². The van der Waals surface area contributed by atoms with Crippen LogP contribution in [-0.4, -0.2) is 31.1 Å². The Morgan fingerprint density at radius 2 is 1.71 bits per heavy atom. The van der Waals surface area contributed by atoms with Crippen molar-refractivity contribution in [1.82, 2.24) is 4.90 Å². The normalized spacial score (nSPS) is 14.1. The zero-order chi connectivity index (χ0) is 23.5. The largest absolute Gasteiger partial charge is 0.492 e. The highest BCUT2D eigenvalue weighted by molar-refractivity contribution is 14.1. The zero-order valence-corrected chi connectivity index (χ0v) is 21.6. The summed E-state index contributed by atoms with van der Waals surface area (Å²) in [7, 11) is 0. The molecule has 2 heterocycles. The Hall–Kier alpha value is -2.35. The molecule has 0 bridgehead atoms. The molecule has 1 aliphatic rings. The van der Waals surface area contributed by atoms with E-state index < -0.39 is 0 Å². The summed E-state index contributed by atoms with van der Waals surface area (Å²) in [5.74, 6) is 0.868. The van der Waals surface area contributed by atoms with Crippen LogP contribution in [0.4, 0.5) is 0 Å². The molecule has 34 heavy (non-hydrogen) atoms. The van der Waals surface area contributed by atoms with E-state index in [2.05, 4.69) is 39.6 Å². The Morgan fingerprint density at radius 3 is 2.44 bits per heavy atom. The number of hydrogen-bond acceptors (Lipinski definition) is 4. The molecule has 1 fully saturated rings. The van der Waals surface area contributed by atoms with Gasteiger partial charge in [0.25, 0.3) is 0 Å². The van der Waals surface area contributed by atoms with Crippen molar-refractivity contribution in [3.05, 3.63) is 96.9 Å². The molecule has 0 unspecified atom stereocenters. The van der Waals surface area contributed by atoms with E-state index in [1.165, 1.54) is 25.9 Å². The first-order chi connectivity index (χ1) is 16.6. The van der Waals surface area contributed by atoms with Gasteiger partial charge >= 0.3 is 5.63 Å². The highest BCUT2D eigenvalue weighted by Gasteiger charge is 2.17. The molecule has 4 aromatic rings. The van der Waals surface area contributed by atoms with E-state index in [4.69, 9.17) is 20.8 Å². The number of hydrogen-bond donors (Lipinski definition) is 0. The van der Waals surface area contributed by atoms with Crippen LogP contribution in [-0.2, 0) is 6.42 Å². The molecule has 0 atom stereocenters. The highest BCUT2D eigenvalue weighted by atomic mass is 127. The summed E-state index contributed by atoms with van der Waals surface area (Å²) in [6.45, 7) is 4.02. The quantitative estimate of drug-likeness (QED) is 0.177. The van der Waals surface area contributed by atoms with Gasteiger partial charge in [-0.15, -0.1) is 0 Å². The molecule has 174 valence electrons. The third-order valence-corrected chi connectivity index (χ3v) is 7.21. The lowest BCUT2D eigenvalue weighted by atomic mass is 9.93. The van der Waals surface area contributed by atoms with Crippen LogP contribution in [0.5, 0.6) is 5.75 Å². The smallest absolute Gasteiger partial charge is 0.344 e. The predicted molar refractivity (Wildman–Crippen MR) is 146 cm³/mol. The van der Waals surface area contributed by atoms with Crippen molar-refractivity contribution >= 4 is 45.2 Å². The highest BCUT2D eigenvalue weighted by Crippen LogP contribution is 2.31. The fraction of sp³-hybridized carbons (Fsp3) is 0.250. The van der Waals surface area contributed by atoms with Crippen molar-refractivity contribution < 1.29 is 9.15 Å².